The Morgan fingerprint density at radius 3 is 2.65 bits per heavy atom. The lowest BCUT2D eigenvalue weighted by atomic mass is 10.3. The molecule has 2 rings (SSSR count). The molecular weight excluding hydrogens is 263 g/mol. The Kier molecular flexibility index (Phi) is 3.13. The van der Waals surface area contributed by atoms with E-state index in [0.29, 0.717) is 27.0 Å². The highest BCUT2D eigenvalue weighted by molar-refractivity contribution is 6.42. The van der Waals surface area contributed by atoms with Crippen LogP contribution in [-0.2, 0) is 0 Å². The number of benzene rings is 1. The van der Waals surface area contributed by atoms with E-state index in [1.165, 1.54) is 4.90 Å². The van der Waals surface area contributed by atoms with Crippen molar-refractivity contribution in [3.8, 4) is 0 Å². The number of aromatic nitrogens is 2. The van der Waals surface area contributed by atoms with Crippen LogP contribution in [0.15, 0.2) is 12.1 Å². The van der Waals surface area contributed by atoms with Gasteiger partial charge in [-0.1, -0.05) is 23.2 Å². The lowest BCUT2D eigenvalue weighted by Crippen LogP contribution is -2.27. The van der Waals surface area contributed by atoms with Crippen molar-refractivity contribution in [1.82, 2.24) is 14.9 Å². The predicted molar refractivity (Wildman–Crippen MR) is 68.8 cm³/mol. The highest BCUT2D eigenvalue weighted by atomic mass is 35.5. The number of nitrogens with zero attached hydrogens (tertiary/aromatic N) is 2. The molecular formula is C10H10Cl2N4O. The van der Waals surface area contributed by atoms with Gasteiger partial charge in [-0.05, 0) is 12.1 Å². The molecule has 7 heteroatoms. The van der Waals surface area contributed by atoms with Crippen molar-refractivity contribution in [2.24, 2.45) is 0 Å². The van der Waals surface area contributed by atoms with Crippen LogP contribution in [-0.4, -0.2) is 35.0 Å². The number of aromatic amines is 1. The number of nitrogens with one attached hydrogen (secondary N) is 2. The molecule has 0 saturated heterocycles. The van der Waals surface area contributed by atoms with Crippen LogP contribution in [0.4, 0.5) is 10.7 Å². The third kappa shape index (κ3) is 2.45. The molecule has 0 spiro atoms. The van der Waals surface area contributed by atoms with Crippen LogP contribution in [0, 0.1) is 0 Å². The Labute approximate surface area is 108 Å². The number of amides is 2. The molecule has 0 aliphatic rings. The number of imidazole rings is 1. The second kappa shape index (κ2) is 4.43. The summed E-state index contributed by atoms with van der Waals surface area (Å²) in [5, 5.41) is 3.47. The third-order valence-electron chi connectivity index (χ3n) is 2.16. The number of rotatable bonds is 1. The first-order valence-electron chi connectivity index (χ1n) is 4.80. The number of carbonyl (C=O) groups excluding carboxylic acids is 1. The number of fused-ring (bicyclic) bond motifs is 1. The topological polar surface area (TPSA) is 61.0 Å². The molecule has 2 N–H and O–H groups in total. The van der Waals surface area contributed by atoms with Gasteiger partial charge >= 0.3 is 6.03 Å². The van der Waals surface area contributed by atoms with Crippen LogP contribution in [0.25, 0.3) is 11.0 Å². The number of carbonyl (C=O) groups is 1. The molecule has 0 aliphatic carbocycles. The lowest BCUT2D eigenvalue weighted by molar-refractivity contribution is 0.230. The third-order valence-corrected chi connectivity index (χ3v) is 2.88. The van der Waals surface area contributed by atoms with E-state index in [1.807, 2.05) is 0 Å². The second-order valence-corrected chi connectivity index (χ2v) is 4.51. The monoisotopic (exact) mass is 272 g/mol. The highest BCUT2D eigenvalue weighted by Gasteiger charge is 2.09. The van der Waals surface area contributed by atoms with E-state index in [0.717, 1.165) is 0 Å². The lowest BCUT2D eigenvalue weighted by Gasteiger charge is -2.09. The summed E-state index contributed by atoms with van der Waals surface area (Å²) < 4.78 is 0. The Morgan fingerprint density at radius 1 is 1.35 bits per heavy atom. The summed E-state index contributed by atoms with van der Waals surface area (Å²) in [6.45, 7) is 0. The number of hydrogen-bond donors (Lipinski definition) is 2. The largest absolute Gasteiger partial charge is 0.331 e. The average Bonchev–Trinajstić information content (AvgIpc) is 2.60. The maximum Gasteiger partial charge on any atom is 0.323 e. The van der Waals surface area contributed by atoms with Crippen molar-refractivity contribution in [3.63, 3.8) is 0 Å². The molecule has 5 nitrogen and oxygen atoms in total. The molecule has 90 valence electrons. The molecule has 0 radical (unpaired) electrons. The summed E-state index contributed by atoms with van der Waals surface area (Å²) in [7, 11) is 3.29. The van der Waals surface area contributed by atoms with Gasteiger partial charge < -0.3 is 9.88 Å². The molecule has 2 aromatic rings. The Morgan fingerprint density at radius 2 is 2.00 bits per heavy atom. The quantitative estimate of drug-likeness (QED) is 0.839. The molecule has 0 unspecified atom stereocenters. The summed E-state index contributed by atoms with van der Waals surface area (Å²) >= 11 is 11.7. The molecule has 1 aromatic carbocycles. The zero-order valence-electron chi connectivity index (χ0n) is 9.21. The number of anilines is 1. The molecule has 2 amide bonds. The van der Waals surface area contributed by atoms with Crippen LogP contribution in [0.5, 0.6) is 0 Å². The first kappa shape index (κ1) is 12.0. The van der Waals surface area contributed by atoms with Gasteiger partial charge in [0.15, 0.2) is 0 Å². The van der Waals surface area contributed by atoms with E-state index < -0.39 is 0 Å². The number of halogens is 2. The summed E-state index contributed by atoms with van der Waals surface area (Å²) in [6, 6.07) is 3.04. The van der Waals surface area contributed by atoms with Crippen molar-refractivity contribution in [1.29, 1.82) is 0 Å². The van der Waals surface area contributed by atoms with Gasteiger partial charge in [-0.2, -0.15) is 0 Å². The molecule has 0 bridgehead atoms. The molecule has 0 atom stereocenters. The van der Waals surface area contributed by atoms with Crippen LogP contribution in [0.2, 0.25) is 10.0 Å². The SMILES string of the molecule is CN(C)C(=O)Nc1nc2cc(Cl)c(Cl)cc2[nH]1. The summed E-state index contributed by atoms with van der Waals surface area (Å²) in [5.74, 6) is 0.358. The van der Waals surface area contributed by atoms with E-state index in [4.69, 9.17) is 23.2 Å². The fraction of sp³-hybridized carbons (Fsp3) is 0.200. The van der Waals surface area contributed by atoms with Crippen molar-refractivity contribution >= 4 is 46.2 Å². The van der Waals surface area contributed by atoms with Gasteiger partial charge in [0.1, 0.15) is 0 Å². The van der Waals surface area contributed by atoms with Crippen molar-refractivity contribution in [2.45, 2.75) is 0 Å². The first-order valence-corrected chi connectivity index (χ1v) is 5.56. The molecule has 0 fully saturated rings. The minimum absolute atomic E-state index is 0.263. The van der Waals surface area contributed by atoms with Gasteiger partial charge in [-0.3, -0.25) is 5.32 Å². The predicted octanol–water partition coefficient (Wildman–Crippen LogP) is 2.96. The fourth-order valence-electron chi connectivity index (χ4n) is 1.28. The van der Waals surface area contributed by atoms with Gasteiger partial charge in [0.05, 0.1) is 21.1 Å². The van der Waals surface area contributed by atoms with Crippen LogP contribution in [0.3, 0.4) is 0 Å². The van der Waals surface area contributed by atoms with Gasteiger partial charge in [-0.25, -0.2) is 9.78 Å². The van der Waals surface area contributed by atoms with E-state index >= 15 is 0 Å². The highest BCUT2D eigenvalue weighted by Crippen LogP contribution is 2.27. The van der Waals surface area contributed by atoms with Gasteiger partial charge in [-0.15, -0.1) is 0 Å². The zero-order valence-corrected chi connectivity index (χ0v) is 10.7. The first-order chi connectivity index (χ1) is 7.97. The maximum absolute atomic E-state index is 11.4. The normalized spacial score (nSPS) is 10.6. The average molecular weight is 273 g/mol. The molecule has 1 aromatic heterocycles. The van der Waals surface area contributed by atoms with E-state index in [-0.39, 0.29) is 6.03 Å². The molecule has 0 saturated carbocycles. The number of urea groups is 1. The van der Waals surface area contributed by atoms with Crippen molar-refractivity contribution in [3.05, 3.63) is 22.2 Å². The van der Waals surface area contributed by atoms with Crippen LogP contribution < -0.4 is 5.32 Å². The molecule has 0 aliphatic heterocycles. The smallest absolute Gasteiger partial charge is 0.323 e. The Bertz CT molecular complexity index is 540. The van der Waals surface area contributed by atoms with Gasteiger partial charge in [0, 0.05) is 14.1 Å². The summed E-state index contributed by atoms with van der Waals surface area (Å²) in [4.78, 5) is 20.0. The number of H-pyrrole nitrogens is 1. The van der Waals surface area contributed by atoms with Crippen LogP contribution >= 0.6 is 23.2 Å². The van der Waals surface area contributed by atoms with Crippen molar-refractivity contribution in [2.75, 3.05) is 19.4 Å². The van der Waals surface area contributed by atoms with E-state index in [1.54, 1.807) is 26.2 Å². The zero-order chi connectivity index (χ0) is 12.6. The molecule has 17 heavy (non-hydrogen) atoms. The maximum atomic E-state index is 11.4. The van der Waals surface area contributed by atoms with Gasteiger partial charge in [0.25, 0.3) is 0 Å². The fourth-order valence-corrected chi connectivity index (χ4v) is 1.60. The van der Waals surface area contributed by atoms with E-state index in [2.05, 4.69) is 15.3 Å². The Balaban J connectivity index is 2.35. The second-order valence-electron chi connectivity index (χ2n) is 3.69. The Hall–Kier alpha value is -1.46. The van der Waals surface area contributed by atoms with Crippen LogP contribution in [0.1, 0.15) is 0 Å². The standard InChI is InChI=1S/C10H10Cl2N4O/c1-16(2)10(17)15-9-13-7-3-5(11)6(12)4-8(7)14-9/h3-4H,1-2H3,(H2,13,14,15,17). The summed E-state index contributed by atoms with van der Waals surface area (Å²) in [6.07, 6.45) is 0. The summed E-state index contributed by atoms with van der Waals surface area (Å²) in [5.41, 5.74) is 1.36. The van der Waals surface area contributed by atoms with E-state index in [9.17, 15) is 4.79 Å². The minimum atomic E-state index is -0.263. The molecule has 1 heterocycles. The number of hydrogen-bond acceptors (Lipinski definition) is 2. The van der Waals surface area contributed by atoms with Gasteiger partial charge in [0.2, 0.25) is 5.95 Å². The van der Waals surface area contributed by atoms with Crippen molar-refractivity contribution < 1.29 is 4.79 Å². The minimum Gasteiger partial charge on any atom is -0.331 e.